The summed E-state index contributed by atoms with van der Waals surface area (Å²) in [4.78, 5) is 23.4. The number of hydrogen-bond acceptors (Lipinski definition) is 3. The number of carbonyl (C=O) groups is 2. The van der Waals surface area contributed by atoms with Crippen molar-refractivity contribution in [3.63, 3.8) is 0 Å². The normalized spacial score (nSPS) is 11.2. The minimum absolute atomic E-state index is 0.0491. The Labute approximate surface area is 144 Å². The Kier molecular flexibility index (Phi) is 5.59. The molecule has 0 aliphatic heterocycles. The topological polar surface area (TPSA) is 55.4 Å². The van der Waals surface area contributed by atoms with Crippen LogP contribution in [0.1, 0.15) is 21.5 Å². The van der Waals surface area contributed by atoms with Crippen molar-refractivity contribution in [1.29, 1.82) is 0 Å². The zero-order chi connectivity index (χ0) is 19.5. The molecule has 2 aromatic rings. The average Bonchev–Trinajstić information content (AvgIpc) is 2.56. The number of benzene rings is 2. The number of alkyl halides is 3. The number of esters is 1. The van der Waals surface area contributed by atoms with Crippen molar-refractivity contribution in [2.45, 2.75) is 12.6 Å². The van der Waals surface area contributed by atoms with Gasteiger partial charge in [-0.1, -0.05) is 18.2 Å². The van der Waals surface area contributed by atoms with E-state index in [9.17, 15) is 31.5 Å². The Balaban J connectivity index is 2.19. The molecule has 0 heterocycles. The first-order valence-electron chi connectivity index (χ1n) is 7.15. The molecule has 0 fully saturated rings. The summed E-state index contributed by atoms with van der Waals surface area (Å²) < 4.78 is 69.6. The van der Waals surface area contributed by atoms with Gasteiger partial charge in [0.15, 0.2) is 0 Å². The van der Waals surface area contributed by atoms with Gasteiger partial charge in [-0.2, -0.15) is 13.2 Å². The van der Waals surface area contributed by atoms with Crippen LogP contribution in [-0.2, 0) is 22.1 Å². The molecule has 2 aromatic carbocycles. The molecule has 0 radical (unpaired) electrons. The van der Waals surface area contributed by atoms with Crippen LogP contribution in [0.4, 0.5) is 27.6 Å². The van der Waals surface area contributed by atoms with E-state index in [1.807, 2.05) is 0 Å². The van der Waals surface area contributed by atoms with E-state index in [2.05, 4.69) is 10.1 Å². The van der Waals surface area contributed by atoms with E-state index in [0.717, 1.165) is 31.4 Å². The summed E-state index contributed by atoms with van der Waals surface area (Å²) in [6, 6.07) is 5.23. The Morgan fingerprint density at radius 2 is 1.77 bits per heavy atom. The predicted molar refractivity (Wildman–Crippen MR) is 81.5 cm³/mol. The molecule has 0 bridgehead atoms. The van der Waals surface area contributed by atoms with Crippen molar-refractivity contribution in [3.05, 3.63) is 64.7 Å². The van der Waals surface area contributed by atoms with Gasteiger partial charge >= 0.3 is 12.1 Å². The molecule has 0 aliphatic rings. The molecule has 0 atom stereocenters. The van der Waals surface area contributed by atoms with Gasteiger partial charge < -0.3 is 10.1 Å². The predicted octanol–water partition coefficient (Wildman–Crippen LogP) is 3.95. The minimum Gasteiger partial charge on any atom is -0.465 e. The number of nitrogens with one attached hydrogen (secondary N) is 1. The highest BCUT2D eigenvalue weighted by Gasteiger charge is 2.30. The molecular weight excluding hydrogens is 361 g/mol. The molecule has 0 aromatic heterocycles. The van der Waals surface area contributed by atoms with Crippen molar-refractivity contribution in [1.82, 2.24) is 0 Å². The summed E-state index contributed by atoms with van der Waals surface area (Å²) in [5.41, 5.74) is -1.97. The Bertz CT molecular complexity index is 849. The van der Waals surface area contributed by atoms with Crippen molar-refractivity contribution < 1.29 is 36.3 Å². The van der Waals surface area contributed by atoms with Gasteiger partial charge in [0.05, 0.1) is 30.3 Å². The van der Waals surface area contributed by atoms with Gasteiger partial charge in [0.25, 0.3) is 0 Å². The van der Waals surface area contributed by atoms with Gasteiger partial charge in [-0.25, -0.2) is 13.6 Å². The van der Waals surface area contributed by atoms with E-state index in [1.165, 1.54) is 6.07 Å². The molecule has 0 saturated carbocycles. The van der Waals surface area contributed by atoms with E-state index in [-0.39, 0.29) is 5.56 Å². The van der Waals surface area contributed by atoms with E-state index in [4.69, 9.17) is 0 Å². The van der Waals surface area contributed by atoms with Crippen LogP contribution in [0.3, 0.4) is 0 Å². The summed E-state index contributed by atoms with van der Waals surface area (Å²) in [6.45, 7) is 0. The number of rotatable bonds is 4. The number of halogens is 5. The fourth-order valence-corrected chi connectivity index (χ4v) is 2.15. The summed E-state index contributed by atoms with van der Waals surface area (Å²) >= 11 is 0. The quantitative estimate of drug-likeness (QED) is 0.652. The maximum atomic E-state index is 13.8. The summed E-state index contributed by atoms with van der Waals surface area (Å²) in [6.07, 6.45) is -5.04. The van der Waals surface area contributed by atoms with Gasteiger partial charge in [-0.3, -0.25) is 4.79 Å². The minimum atomic E-state index is -4.56. The molecule has 26 heavy (non-hydrogen) atoms. The molecular formula is C17H12F5NO3. The third-order valence-electron chi connectivity index (χ3n) is 3.36. The first kappa shape index (κ1) is 19.4. The lowest BCUT2D eigenvalue weighted by Gasteiger charge is -2.11. The zero-order valence-corrected chi connectivity index (χ0v) is 13.3. The van der Waals surface area contributed by atoms with Crippen LogP contribution in [0.2, 0.25) is 0 Å². The summed E-state index contributed by atoms with van der Waals surface area (Å²) in [5, 5.41) is 2.09. The van der Waals surface area contributed by atoms with Crippen LogP contribution in [-0.4, -0.2) is 19.0 Å². The van der Waals surface area contributed by atoms with Gasteiger partial charge in [0.1, 0.15) is 11.6 Å². The van der Waals surface area contributed by atoms with Crippen molar-refractivity contribution >= 4 is 17.6 Å². The van der Waals surface area contributed by atoms with Gasteiger partial charge in [-0.05, 0) is 17.7 Å². The third-order valence-corrected chi connectivity index (χ3v) is 3.36. The molecule has 0 spiro atoms. The second kappa shape index (κ2) is 7.51. The average molecular weight is 373 g/mol. The highest BCUT2D eigenvalue weighted by atomic mass is 19.4. The number of ether oxygens (including phenoxy) is 1. The molecule has 0 saturated heterocycles. The van der Waals surface area contributed by atoms with Crippen LogP contribution >= 0.6 is 0 Å². The van der Waals surface area contributed by atoms with Gasteiger partial charge in [0, 0.05) is 6.07 Å². The Hall–Kier alpha value is -2.97. The first-order chi connectivity index (χ1) is 12.1. The molecule has 138 valence electrons. The molecule has 0 unspecified atom stereocenters. The van der Waals surface area contributed by atoms with Crippen LogP contribution in [0.5, 0.6) is 0 Å². The highest BCUT2D eigenvalue weighted by Crippen LogP contribution is 2.29. The number of anilines is 1. The second-order valence-corrected chi connectivity index (χ2v) is 5.23. The lowest BCUT2D eigenvalue weighted by Crippen LogP contribution is -2.17. The molecule has 2 rings (SSSR count). The monoisotopic (exact) mass is 373 g/mol. The number of amides is 1. The summed E-state index contributed by atoms with van der Waals surface area (Å²) in [7, 11) is 0.997. The van der Waals surface area contributed by atoms with Gasteiger partial charge in [-0.15, -0.1) is 0 Å². The molecule has 9 heteroatoms. The van der Waals surface area contributed by atoms with Crippen molar-refractivity contribution in [3.8, 4) is 0 Å². The fraction of sp³-hybridized carbons (Fsp3) is 0.176. The maximum Gasteiger partial charge on any atom is 0.416 e. The Morgan fingerprint density at radius 1 is 1.08 bits per heavy atom. The number of carbonyl (C=O) groups excluding carboxylic acids is 2. The smallest absolute Gasteiger partial charge is 0.416 e. The molecule has 4 nitrogen and oxygen atoms in total. The molecule has 1 amide bonds. The SMILES string of the molecule is COC(=O)c1cc(NC(=O)Cc2cccc(C(F)(F)F)c2)c(F)cc1F. The first-order valence-corrected chi connectivity index (χ1v) is 7.15. The van der Waals surface area contributed by atoms with Crippen molar-refractivity contribution in [2.24, 2.45) is 0 Å². The van der Waals surface area contributed by atoms with Gasteiger partial charge in [0.2, 0.25) is 5.91 Å². The largest absolute Gasteiger partial charge is 0.465 e. The summed E-state index contributed by atoms with van der Waals surface area (Å²) in [5.74, 6) is -4.24. The fourth-order valence-electron chi connectivity index (χ4n) is 2.15. The lowest BCUT2D eigenvalue weighted by molar-refractivity contribution is -0.137. The molecule has 0 aliphatic carbocycles. The van der Waals surface area contributed by atoms with E-state index >= 15 is 0 Å². The lowest BCUT2D eigenvalue weighted by atomic mass is 10.1. The second-order valence-electron chi connectivity index (χ2n) is 5.23. The van der Waals surface area contributed by atoms with Crippen LogP contribution in [0.15, 0.2) is 36.4 Å². The van der Waals surface area contributed by atoms with E-state index in [1.54, 1.807) is 0 Å². The van der Waals surface area contributed by atoms with Crippen LogP contribution in [0.25, 0.3) is 0 Å². The zero-order valence-electron chi connectivity index (χ0n) is 13.3. The number of methoxy groups -OCH3 is 1. The highest BCUT2D eigenvalue weighted by molar-refractivity contribution is 5.95. The Morgan fingerprint density at radius 3 is 2.38 bits per heavy atom. The molecule has 1 N–H and O–H groups in total. The van der Waals surface area contributed by atoms with E-state index < -0.39 is 52.9 Å². The van der Waals surface area contributed by atoms with E-state index in [0.29, 0.717) is 6.07 Å². The van der Waals surface area contributed by atoms with Crippen LogP contribution < -0.4 is 5.32 Å². The maximum absolute atomic E-state index is 13.8. The van der Waals surface area contributed by atoms with Crippen molar-refractivity contribution in [2.75, 3.05) is 12.4 Å². The van der Waals surface area contributed by atoms with Crippen LogP contribution in [0, 0.1) is 11.6 Å². The third kappa shape index (κ3) is 4.56. The number of hydrogen-bond donors (Lipinski definition) is 1. The standard InChI is InChI=1S/C17H12F5NO3/c1-26-16(25)11-7-14(13(19)8-12(11)18)23-15(24)6-9-3-2-4-10(5-9)17(20,21)22/h2-5,7-8H,6H2,1H3,(H,23,24).